The van der Waals surface area contributed by atoms with Crippen LogP contribution in [0.4, 0.5) is 11.4 Å². The number of amides is 2. The number of hydrogen-bond donors (Lipinski definition) is 2. The first-order valence-electron chi connectivity index (χ1n) is 9.00. The zero-order chi connectivity index (χ0) is 19.2. The van der Waals surface area contributed by atoms with E-state index in [1.807, 2.05) is 18.2 Å². The number of para-hydroxylation sites is 2. The standard InChI is InChI=1S/C22H22N2O3/c1-3-15-9-7-10-16(4-2)20(15)24-21(25)17-11-5-6-12-18(17)23-22(26)19-13-8-14-27-19/h5-14H,3-4H2,1-2H3,(H,23,26)(H,24,25). The van der Waals surface area contributed by atoms with Crippen molar-refractivity contribution >= 4 is 23.2 Å². The van der Waals surface area contributed by atoms with Gasteiger partial charge in [0.05, 0.1) is 17.5 Å². The van der Waals surface area contributed by atoms with Crippen molar-refractivity contribution in [3.05, 3.63) is 83.3 Å². The normalized spacial score (nSPS) is 10.4. The number of hydrogen-bond acceptors (Lipinski definition) is 3. The molecule has 5 nitrogen and oxygen atoms in total. The molecule has 0 atom stereocenters. The molecule has 0 saturated carbocycles. The molecule has 0 aliphatic carbocycles. The highest BCUT2D eigenvalue weighted by atomic mass is 16.3. The first-order valence-corrected chi connectivity index (χ1v) is 9.00. The van der Waals surface area contributed by atoms with E-state index < -0.39 is 5.91 Å². The number of carbonyl (C=O) groups is 2. The Labute approximate surface area is 158 Å². The van der Waals surface area contributed by atoms with E-state index in [-0.39, 0.29) is 11.7 Å². The number of anilines is 2. The molecule has 0 aliphatic rings. The van der Waals surface area contributed by atoms with E-state index in [4.69, 9.17) is 4.42 Å². The van der Waals surface area contributed by atoms with Crippen LogP contribution in [-0.4, -0.2) is 11.8 Å². The van der Waals surface area contributed by atoms with Crippen molar-refractivity contribution in [3.63, 3.8) is 0 Å². The van der Waals surface area contributed by atoms with Gasteiger partial charge in [0.1, 0.15) is 0 Å². The fraction of sp³-hybridized carbons (Fsp3) is 0.182. The number of nitrogens with one attached hydrogen (secondary N) is 2. The molecule has 0 aliphatic heterocycles. The van der Waals surface area contributed by atoms with Crippen molar-refractivity contribution in [2.75, 3.05) is 10.6 Å². The second-order valence-corrected chi connectivity index (χ2v) is 6.09. The summed E-state index contributed by atoms with van der Waals surface area (Å²) in [7, 11) is 0. The van der Waals surface area contributed by atoms with Crippen molar-refractivity contribution in [2.24, 2.45) is 0 Å². The highest BCUT2D eigenvalue weighted by molar-refractivity contribution is 6.12. The third-order valence-electron chi connectivity index (χ3n) is 4.40. The molecular formula is C22H22N2O3. The fourth-order valence-electron chi connectivity index (χ4n) is 2.97. The van der Waals surface area contributed by atoms with Gasteiger partial charge in [0.2, 0.25) is 0 Å². The first-order chi connectivity index (χ1) is 13.1. The maximum Gasteiger partial charge on any atom is 0.291 e. The third kappa shape index (κ3) is 4.08. The second-order valence-electron chi connectivity index (χ2n) is 6.09. The molecule has 0 saturated heterocycles. The smallest absolute Gasteiger partial charge is 0.291 e. The Bertz CT molecular complexity index is 924. The van der Waals surface area contributed by atoms with Gasteiger partial charge in [0.15, 0.2) is 5.76 Å². The van der Waals surface area contributed by atoms with E-state index in [9.17, 15) is 9.59 Å². The second kappa shape index (κ2) is 8.36. The zero-order valence-corrected chi connectivity index (χ0v) is 15.4. The van der Waals surface area contributed by atoms with Gasteiger partial charge in [-0.3, -0.25) is 9.59 Å². The summed E-state index contributed by atoms with van der Waals surface area (Å²) in [4.78, 5) is 25.2. The van der Waals surface area contributed by atoms with Crippen LogP contribution in [0, 0.1) is 0 Å². The van der Waals surface area contributed by atoms with Crippen LogP contribution in [0.25, 0.3) is 0 Å². The van der Waals surface area contributed by atoms with E-state index in [0.29, 0.717) is 11.3 Å². The summed E-state index contributed by atoms with van der Waals surface area (Å²) in [6, 6.07) is 16.2. The average molecular weight is 362 g/mol. The van der Waals surface area contributed by atoms with Crippen molar-refractivity contribution in [1.82, 2.24) is 0 Å². The van der Waals surface area contributed by atoms with Crippen molar-refractivity contribution in [2.45, 2.75) is 26.7 Å². The Morgan fingerprint density at radius 3 is 2.15 bits per heavy atom. The number of aryl methyl sites for hydroxylation is 2. The van der Waals surface area contributed by atoms with Crippen molar-refractivity contribution < 1.29 is 14.0 Å². The van der Waals surface area contributed by atoms with Gasteiger partial charge in [0.25, 0.3) is 11.8 Å². The molecule has 2 amide bonds. The number of rotatable bonds is 6. The van der Waals surface area contributed by atoms with E-state index in [2.05, 4.69) is 24.5 Å². The molecule has 0 spiro atoms. The van der Waals surface area contributed by atoms with Crippen molar-refractivity contribution in [3.8, 4) is 0 Å². The van der Waals surface area contributed by atoms with Gasteiger partial charge in [-0.05, 0) is 48.2 Å². The molecule has 27 heavy (non-hydrogen) atoms. The highest BCUT2D eigenvalue weighted by Gasteiger charge is 2.17. The summed E-state index contributed by atoms with van der Waals surface area (Å²) >= 11 is 0. The molecule has 2 aromatic carbocycles. The fourth-order valence-corrected chi connectivity index (χ4v) is 2.97. The van der Waals surface area contributed by atoms with Crippen LogP contribution in [0.15, 0.2) is 65.3 Å². The van der Waals surface area contributed by atoms with E-state index in [1.54, 1.807) is 36.4 Å². The predicted octanol–water partition coefficient (Wildman–Crippen LogP) is 4.91. The quantitative estimate of drug-likeness (QED) is 0.654. The molecule has 3 aromatic rings. The number of furan rings is 1. The molecular weight excluding hydrogens is 340 g/mol. The van der Waals surface area contributed by atoms with Gasteiger partial charge in [-0.1, -0.05) is 44.2 Å². The van der Waals surface area contributed by atoms with E-state index in [1.165, 1.54) is 6.26 Å². The summed E-state index contributed by atoms with van der Waals surface area (Å²) in [6.07, 6.45) is 3.07. The SMILES string of the molecule is CCc1cccc(CC)c1NC(=O)c1ccccc1NC(=O)c1ccco1. The Kier molecular flexibility index (Phi) is 5.71. The lowest BCUT2D eigenvalue weighted by atomic mass is 10.0. The number of carbonyl (C=O) groups excluding carboxylic acids is 2. The molecule has 0 bridgehead atoms. The van der Waals surface area contributed by atoms with Gasteiger partial charge in [-0.2, -0.15) is 0 Å². The molecule has 5 heteroatoms. The van der Waals surface area contributed by atoms with Gasteiger partial charge in [-0.25, -0.2) is 0 Å². The minimum Gasteiger partial charge on any atom is -0.459 e. The maximum atomic E-state index is 13.0. The van der Waals surface area contributed by atoms with Gasteiger partial charge < -0.3 is 15.1 Å². The highest BCUT2D eigenvalue weighted by Crippen LogP contribution is 2.25. The molecule has 3 rings (SSSR count). The van der Waals surface area contributed by atoms with Gasteiger partial charge >= 0.3 is 0 Å². The molecule has 2 N–H and O–H groups in total. The van der Waals surface area contributed by atoms with E-state index in [0.717, 1.165) is 29.7 Å². The molecule has 1 heterocycles. The lowest BCUT2D eigenvalue weighted by Gasteiger charge is -2.16. The summed E-state index contributed by atoms with van der Waals surface area (Å²) in [5, 5.41) is 5.78. The van der Waals surface area contributed by atoms with Gasteiger partial charge in [-0.15, -0.1) is 0 Å². The van der Waals surface area contributed by atoms with Crippen molar-refractivity contribution in [1.29, 1.82) is 0 Å². The Morgan fingerprint density at radius 2 is 1.52 bits per heavy atom. The molecule has 0 fully saturated rings. The molecule has 0 radical (unpaired) electrons. The van der Waals surface area contributed by atoms with Crippen LogP contribution in [-0.2, 0) is 12.8 Å². The molecule has 0 unspecified atom stereocenters. The Morgan fingerprint density at radius 1 is 0.815 bits per heavy atom. The average Bonchev–Trinajstić information content (AvgIpc) is 3.23. The minimum absolute atomic E-state index is 0.190. The number of benzene rings is 2. The Balaban J connectivity index is 1.87. The summed E-state index contributed by atoms with van der Waals surface area (Å²) in [5.74, 6) is -0.473. The molecule has 138 valence electrons. The van der Waals surface area contributed by atoms with Gasteiger partial charge in [0, 0.05) is 5.69 Å². The largest absolute Gasteiger partial charge is 0.459 e. The van der Waals surface area contributed by atoms with Crippen LogP contribution in [0.1, 0.15) is 45.9 Å². The van der Waals surface area contributed by atoms with Crippen LogP contribution in [0.5, 0.6) is 0 Å². The summed E-state index contributed by atoms with van der Waals surface area (Å²) in [5.41, 5.74) is 3.84. The van der Waals surface area contributed by atoms with Crippen LogP contribution in [0.3, 0.4) is 0 Å². The topological polar surface area (TPSA) is 71.3 Å². The molecule has 1 aromatic heterocycles. The lowest BCUT2D eigenvalue weighted by molar-refractivity contribution is 0.0996. The monoisotopic (exact) mass is 362 g/mol. The summed E-state index contributed by atoms with van der Waals surface area (Å²) < 4.78 is 5.11. The minimum atomic E-state index is -0.400. The zero-order valence-electron chi connectivity index (χ0n) is 15.4. The summed E-state index contributed by atoms with van der Waals surface area (Å²) in [6.45, 7) is 4.11. The maximum absolute atomic E-state index is 13.0. The van der Waals surface area contributed by atoms with E-state index >= 15 is 0 Å². The third-order valence-corrected chi connectivity index (χ3v) is 4.40. The predicted molar refractivity (Wildman–Crippen MR) is 106 cm³/mol. The van der Waals surface area contributed by atoms with Crippen LogP contribution in [0.2, 0.25) is 0 Å². The first kappa shape index (κ1) is 18.5. The Hall–Kier alpha value is -3.34. The van der Waals surface area contributed by atoms with Crippen LogP contribution < -0.4 is 10.6 Å². The van der Waals surface area contributed by atoms with Crippen LogP contribution >= 0.6 is 0 Å². The lowest BCUT2D eigenvalue weighted by Crippen LogP contribution is -2.19.